The predicted octanol–water partition coefficient (Wildman–Crippen LogP) is 2.03. The van der Waals surface area contributed by atoms with E-state index in [1.807, 2.05) is 0 Å². The predicted molar refractivity (Wildman–Crippen MR) is 57.8 cm³/mol. The second kappa shape index (κ2) is 7.34. The van der Waals surface area contributed by atoms with Crippen LogP contribution >= 0.6 is 0 Å². The highest BCUT2D eigenvalue weighted by molar-refractivity contribution is 4.68. The number of aliphatic hydroxyl groups excluding tert-OH is 1. The van der Waals surface area contributed by atoms with Gasteiger partial charge in [0.2, 0.25) is 0 Å². The Balaban J connectivity index is 3.59. The first-order chi connectivity index (χ1) is 6.10. The molecule has 0 aromatic heterocycles. The van der Waals surface area contributed by atoms with E-state index < -0.39 is 0 Å². The Morgan fingerprint density at radius 1 is 1.23 bits per heavy atom. The summed E-state index contributed by atoms with van der Waals surface area (Å²) in [5.74, 6) is 1.36. The Bertz CT molecular complexity index is 115. The second-order valence-corrected chi connectivity index (χ2v) is 4.43. The summed E-state index contributed by atoms with van der Waals surface area (Å²) in [5.41, 5.74) is 0. The Kier molecular flexibility index (Phi) is 7.29. The number of nitrogens with one attached hydrogen (secondary N) is 1. The van der Waals surface area contributed by atoms with Gasteiger partial charge in [0.1, 0.15) is 0 Å². The van der Waals surface area contributed by atoms with Crippen LogP contribution in [0.4, 0.5) is 0 Å². The van der Waals surface area contributed by atoms with Gasteiger partial charge in [0, 0.05) is 6.04 Å². The lowest BCUT2D eigenvalue weighted by atomic mass is 10.0. The van der Waals surface area contributed by atoms with Crippen molar-refractivity contribution in [3.63, 3.8) is 0 Å². The second-order valence-electron chi connectivity index (χ2n) is 4.43. The van der Waals surface area contributed by atoms with Gasteiger partial charge in [-0.05, 0) is 24.8 Å². The lowest BCUT2D eigenvalue weighted by Gasteiger charge is -2.20. The van der Waals surface area contributed by atoms with Crippen molar-refractivity contribution in [3.8, 4) is 0 Å². The van der Waals surface area contributed by atoms with Crippen LogP contribution < -0.4 is 5.32 Å². The summed E-state index contributed by atoms with van der Waals surface area (Å²) in [6, 6.07) is 0.286. The monoisotopic (exact) mass is 187 g/mol. The van der Waals surface area contributed by atoms with Crippen molar-refractivity contribution in [2.24, 2.45) is 11.8 Å². The van der Waals surface area contributed by atoms with Crippen LogP contribution in [0.5, 0.6) is 0 Å². The number of rotatable bonds is 7. The molecule has 13 heavy (non-hydrogen) atoms. The quantitative estimate of drug-likeness (QED) is 0.639. The summed E-state index contributed by atoms with van der Waals surface area (Å²) in [6.45, 7) is 10.1. The maximum absolute atomic E-state index is 9.10. The molecule has 0 amide bonds. The van der Waals surface area contributed by atoms with Gasteiger partial charge in [-0.1, -0.05) is 34.1 Å². The van der Waals surface area contributed by atoms with Gasteiger partial charge in [-0.3, -0.25) is 0 Å². The van der Waals surface area contributed by atoms with E-state index >= 15 is 0 Å². The van der Waals surface area contributed by atoms with E-state index in [2.05, 4.69) is 33.0 Å². The van der Waals surface area contributed by atoms with E-state index in [4.69, 9.17) is 5.11 Å². The van der Waals surface area contributed by atoms with Crippen molar-refractivity contribution in [2.75, 3.05) is 13.2 Å². The molecule has 0 aromatic carbocycles. The summed E-state index contributed by atoms with van der Waals surface area (Å²) in [6.07, 6.45) is 2.26. The summed E-state index contributed by atoms with van der Waals surface area (Å²) in [4.78, 5) is 0. The van der Waals surface area contributed by atoms with Crippen LogP contribution in [0.25, 0.3) is 0 Å². The lowest BCUT2D eigenvalue weighted by molar-refractivity contribution is 0.219. The molecule has 0 saturated heterocycles. The minimum absolute atomic E-state index is 0.259. The fraction of sp³-hybridized carbons (Fsp3) is 1.00. The fourth-order valence-corrected chi connectivity index (χ4v) is 1.30. The Hall–Kier alpha value is -0.0800. The zero-order chi connectivity index (χ0) is 10.3. The summed E-state index contributed by atoms with van der Waals surface area (Å²) < 4.78 is 0. The highest BCUT2D eigenvalue weighted by Gasteiger charge is 2.09. The molecule has 0 spiro atoms. The van der Waals surface area contributed by atoms with Gasteiger partial charge in [-0.25, -0.2) is 0 Å². The average Bonchev–Trinajstić information content (AvgIpc) is 2.10. The highest BCUT2D eigenvalue weighted by Crippen LogP contribution is 2.05. The molecule has 0 aromatic rings. The molecule has 2 N–H and O–H groups in total. The average molecular weight is 187 g/mol. The van der Waals surface area contributed by atoms with Gasteiger partial charge in [0.05, 0.1) is 6.61 Å². The maximum atomic E-state index is 9.10. The maximum Gasteiger partial charge on any atom is 0.0584 e. The van der Waals surface area contributed by atoms with Gasteiger partial charge in [0.15, 0.2) is 0 Å². The minimum atomic E-state index is 0.259. The van der Waals surface area contributed by atoms with Crippen LogP contribution in [-0.4, -0.2) is 24.3 Å². The van der Waals surface area contributed by atoms with E-state index in [0.717, 1.165) is 13.0 Å². The molecule has 0 fully saturated rings. The van der Waals surface area contributed by atoms with Crippen LogP contribution in [-0.2, 0) is 0 Å². The third-order valence-corrected chi connectivity index (χ3v) is 2.43. The molecule has 0 unspecified atom stereocenters. The van der Waals surface area contributed by atoms with Crippen molar-refractivity contribution in [3.05, 3.63) is 0 Å². The van der Waals surface area contributed by atoms with Gasteiger partial charge in [0.25, 0.3) is 0 Å². The SMILES string of the molecule is CC[C@@H](C)CN[C@H](CO)CC(C)C. The summed E-state index contributed by atoms with van der Waals surface area (Å²) in [5, 5.41) is 12.5. The molecular formula is C11H25NO. The van der Waals surface area contributed by atoms with E-state index in [-0.39, 0.29) is 12.6 Å². The molecule has 0 saturated carbocycles. The Labute approximate surface area is 82.7 Å². The normalized spacial score (nSPS) is 16.2. The molecule has 0 aliphatic heterocycles. The standard InChI is InChI=1S/C11H25NO/c1-5-10(4)7-12-11(8-13)6-9(2)3/h9-13H,5-8H2,1-4H3/t10-,11+/m1/s1. The lowest BCUT2D eigenvalue weighted by Crippen LogP contribution is -2.36. The first-order valence-electron chi connectivity index (χ1n) is 5.44. The van der Waals surface area contributed by atoms with E-state index in [1.54, 1.807) is 0 Å². The highest BCUT2D eigenvalue weighted by atomic mass is 16.3. The van der Waals surface area contributed by atoms with Crippen LogP contribution in [0, 0.1) is 11.8 Å². The van der Waals surface area contributed by atoms with Crippen LogP contribution in [0.2, 0.25) is 0 Å². The topological polar surface area (TPSA) is 32.3 Å². The smallest absolute Gasteiger partial charge is 0.0584 e. The first-order valence-corrected chi connectivity index (χ1v) is 5.44. The van der Waals surface area contributed by atoms with Gasteiger partial charge >= 0.3 is 0 Å². The van der Waals surface area contributed by atoms with E-state index in [0.29, 0.717) is 11.8 Å². The number of hydrogen-bond acceptors (Lipinski definition) is 2. The van der Waals surface area contributed by atoms with Gasteiger partial charge in [-0.2, -0.15) is 0 Å². The molecule has 0 aliphatic rings. The zero-order valence-electron chi connectivity index (χ0n) is 9.51. The molecule has 80 valence electrons. The molecule has 2 nitrogen and oxygen atoms in total. The molecule has 0 radical (unpaired) electrons. The van der Waals surface area contributed by atoms with Crippen molar-refractivity contribution in [1.29, 1.82) is 0 Å². The third kappa shape index (κ3) is 7.03. The zero-order valence-corrected chi connectivity index (χ0v) is 9.51. The van der Waals surface area contributed by atoms with Crippen molar-refractivity contribution in [1.82, 2.24) is 5.32 Å². The van der Waals surface area contributed by atoms with E-state index in [9.17, 15) is 0 Å². The van der Waals surface area contributed by atoms with E-state index in [1.165, 1.54) is 6.42 Å². The van der Waals surface area contributed by atoms with Crippen molar-refractivity contribution in [2.45, 2.75) is 46.6 Å². The van der Waals surface area contributed by atoms with Crippen LogP contribution in [0.15, 0.2) is 0 Å². The summed E-state index contributed by atoms with van der Waals surface area (Å²) >= 11 is 0. The largest absolute Gasteiger partial charge is 0.395 e. The van der Waals surface area contributed by atoms with Crippen molar-refractivity contribution < 1.29 is 5.11 Å². The molecule has 0 bridgehead atoms. The van der Waals surface area contributed by atoms with Crippen LogP contribution in [0.1, 0.15) is 40.5 Å². The first kappa shape index (κ1) is 12.9. The summed E-state index contributed by atoms with van der Waals surface area (Å²) in [7, 11) is 0. The number of hydrogen-bond donors (Lipinski definition) is 2. The molecule has 2 heteroatoms. The Morgan fingerprint density at radius 2 is 1.85 bits per heavy atom. The van der Waals surface area contributed by atoms with Crippen LogP contribution in [0.3, 0.4) is 0 Å². The van der Waals surface area contributed by atoms with Gasteiger partial charge in [-0.15, -0.1) is 0 Å². The molecular weight excluding hydrogens is 162 g/mol. The Morgan fingerprint density at radius 3 is 2.23 bits per heavy atom. The molecule has 2 atom stereocenters. The fourth-order valence-electron chi connectivity index (χ4n) is 1.30. The van der Waals surface area contributed by atoms with Gasteiger partial charge < -0.3 is 10.4 Å². The molecule has 0 heterocycles. The third-order valence-electron chi connectivity index (χ3n) is 2.43. The minimum Gasteiger partial charge on any atom is -0.395 e. The van der Waals surface area contributed by atoms with Crippen molar-refractivity contribution >= 4 is 0 Å². The molecule has 0 aliphatic carbocycles. The molecule has 0 rings (SSSR count). The number of aliphatic hydroxyl groups is 1.